The third kappa shape index (κ3) is 4.83. The lowest BCUT2D eigenvalue weighted by molar-refractivity contribution is 0.633. The summed E-state index contributed by atoms with van der Waals surface area (Å²) in [5.74, 6) is 0. The second-order valence-electron chi connectivity index (χ2n) is 14.9. The molecular formula is C54H32O2. The minimum Gasteiger partial charge on any atom is -0.452 e. The molecule has 2 nitrogen and oxygen atoms in total. The highest BCUT2D eigenvalue weighted by molar-refractivity contribution is 6.20. The average molecular weight is 713 g/mol. The van der Waals surface area contributed by atoms with Crippen LogP contribution in [0, 0.1) is 0 Å². The molecule has 0 bridgehead atoms. The van der Waals surface area contributed by atoms with Gasteiger partial charge in [-0.15, -0.1) is 0 Å². The third-order valence-corrected chi connectivity index (χ3v) is 11.6. The Hall–Kier alpha value is -7.42. The van der Waals surface area contributed by atoms with Gasteiger partial charge in [-0.05, 0) is 137 Å². The minimum atomic E-state index is 0.781. The Bertz CT molecular complexity index is 3530. The number of hydrogen-bond acceptors (Lipinski definition) is 2. The maximum absolute atomic E-state index is 6.58. The van der Waals surface area contributed by atoms with E-state index in [0.717, 1.165) is 55.0 Å². The van der Waals surface area contributed by atoms with Gasteiger partial charge in [0.25, 0.3) is 0 Å². The minimum absolute atomic E-state index is 0.781. The van der Waals surface area contributed by atoms with Crippen LogP contribution in [0.5, 0.6) is 0 Å². The molecule has 0 N–H and O–H groups in total. The first-order valence-corrected chi connectivity index (χ1v) is 19.1. The molecule has 10 aromatic carbocycles. The van der Waals surface area contributed by atoms with E-state index in [1.807, 2.05) is 0 Å². The summed E-state index contributed by atoms with van der Waals surface area (Å²) in [5, 5.41) is 11.8. The molecule has 2 aromatic heterocycles. The summed E-state index contributed by atoms with van der Waals surface area (Å²) in [4.78, 5) is 0. The van der Waals surface area contributed by atoms with Crippen molar-refractivity contribution in [2.45, 2.75) is 0 Å². The highest BCUT2D eigenvalue weighted by atomic mass is 16.4. The van der Waals surface area contributed by atoms with Gasteiger partial charge >= 0.3 is 0 Å². The SMILES string of the molecule is c1ccc(-c2ccc3cc(-c4ccc5oc6c(ccc7c8cc(-c9cccc(-c%10cc%11ccccc%11c%11ccccc%10%11)c9)ccc8oc76)c5c4)ccc3c2)cc1. The molecule has 2 heteroatoms. The van der Waals surface area contributed by atoms with Crippen LogP contribution in [0.4, 0.5) is 0 Å². The van der Waals surface area contributed by atoms with Crippen molar-refractivity contribution in [1.82, 2.24) is 0 Å². The quantitative estimate of drug-likeness (QED) is 0.170. The van der Waals surface area contributed by atoms with Gasteiger partial charge in [-0.3, -0.25) is 0 Å². The number of fused-ring (bicyclic) bond motifs is 11. The average Bonchev–Trinajstić information content (AvgIpc) is 3.84. The van der Waals surface area contributed by atoms with Crippen LogP contribution < -0.4 is 0 Å². The van der Waals surface area contributed by atoms with E-state index >= 15 is 0 Å². The van der Waals surface area contributed by atoms with Gasteiger partial charge in [0.05, 0.1) is 0 Å². The molecule has 0 aliphatic heterocycles. The summed E-state index contributed by atoms with van der Waals surface area (Å²) in [6.45, 7) is 0. The summed E-state index contributed by atoms with van der Waals surface area (Å²) in [6.07, 6.45) is 0. The lowest BCUT2D eigenvalue weighted by Gasteiger charge is -2.12. The Balaban J connectivity index is 0.925. The van der Waals surface area contributed by atoms with Gasteiger partial charge in [-0.1, -0.05) is 133 Å². The molecule has 0 amide bonds. The van der Waals surface area contributed by atoms with Crippen LogP contribution in [0.1, 0.15) is 0 Å². The van der Waals surface area contributed by atoms with Crippen molar-refractivity contribution in [3.05, 3.63) is 194 Å². The highest BCUT2D eigenvalue weighted by Gasteiger charge is 2.18. The molecule has 0 spiro atoms. The summed E-state index contributed by atoms with van der Waals surface area (Å²) in [5.41, 5.74) is 12.8. The van der Waals surface area contributed by atoms with E-state index in [2.05, 4.69) is 194 Å². The van der Waals surface area contributed by atoms with Crippen LogP contribution in [0.2, 0.25) is 0 Å². The molecule has 260 valence electrons. The third-order valence-electron chi connectivity index (χ3n) is 11.6. The molecule has 0 aliphatic rings. The number of hydrogen-bond donors (Lipinski definition) is 0. The fourth-order valence-corrected chi connectivity index (χ4v) is 8.82. The maximum Gasteiger partial charge on any atom is 0.178 e. The second kappa shape index (κ2) is 12.0. The van der Waals surface area contributed by atoms with Crippen molar-refractivity contribution in [3.8, 4) is 44.5 Å². The molecule has 0 unspecified atom stereocenters. The van der Waals surface area contributed by atoms with E-state index in [1.165, 1.54) is 65.7 Å². The second-order valence-corrected chi connectivity index (χ2v) is 14.9. The lowest BCUT2D eigenvalue weighted by atomic mass is 9.91. The maximum atomic E-state index is 6.58. The van der Waals surface area contributed by atoms with E-state index in [1.54, 1.807) is 0 Å². The summed E-state index contributed by atoms with van der Waals surface area (Å²) >= 11 is 0. The van der Waals surface area contributed by atoms with Crippen molar-refractivity contribution >= 4 is 76.2 Å². The fourth-order valence-electron chi connectivity index (χ4n) is 8.82. The zero-order valence-corrected chi connectivity index (χ0v) is 30.3. The van der Waals surface area contributed by atoms with Crippen molar-refractivity contribution < 1.29 is 8.83 Å². The number of rotatable bonds is 4. The van der Waals surface area contributed by atoms with Crippen LogP contribution >= 0.6 is 0 Å². The molecule has 0 atom stereocenters. The summed E-state index contributed by atoms with van der Waals surface area (Å²) in [6, 6.07) is 70.0. The van der Waals surface area contributed by atoms with E-state index in [0.29, 0.717) is 0 Å². The van der Waals surface area contributed by atoms with Gasteiger partial charge in [-0.2, -0.15) is 0 Å². The van der Waals surface area contributed by atoms with Crippen molar-refractivity contribution in [2.75, 3.05) is 0 Å². The molecule has 0 aliphatic carbocycles. The zero-order valence-electron chi connectivity index (χ0n) is 30.3. The van der Waals surface area contributed by atoms with E-state index in [9.17, 15) is 0 Å². The highest BCUT2D eigenvalue weighted by Crippen LogP contribution is 2.42. The lowest BCUT2D eigenvalue weighted by Crippen LogP contribution is -1.86. The van der Waals surface area contributed by atoms with E-state index in [4.69, 9.17) is 8.83 Å². The Morgan fingerprint density at radius 2 is 0.732 bits per heavy atom. The Labute approximate surface area is 322 Å². The number of furan rings is 2. The van der Waals surface area contributed by atoms with Crippen molar-refractivity contribution in [1.29, 1.82) is 0 Å². The Morgan fingerprint density at radius 3 is 1.41 bits per heavy atom. The summed E-state index contributed by atoms with van der Waals surface area (Å²) in [7, 11) is 0. The van der Waals surface area contributed by atoms with Crippen molar-refractivity contribution in [2.24, 2.45) is 0 Å². The van der Waals surface area contributed by atoms with Gasteiger partial charge in [0.1, 0.15) is 11.2 Å². The van der Waals surface area contributed by atoms with Gasteiger partial charge in [0.2, 0.25) is 0 Å². The molecule has 0 saturated heterocycles. The van der Waals surface area contributed by atoms with Crippen LogP contribution in [-0.2, 0) is 0 Å². The summed E-state index contributed by atoms with van der Waals surface area (Å²) < 4.78 is 13.1. The van der Waals surface area contributed by atoms with Gasteiger partial charge in [0.15, 0.2) is 11.2 Å². The molecule has 2 heterocycles. The normalized spacial score (nSPS) is 11.9. The molecule has 0 radical (unpaired) electrons. The first-order chi connectivity index (χ1) is 27.7. The van der Waals surface area contributed by atoms with E-state index in [-0.39, 0.29) is 0 Å². The molecule has 12 rings (SSSR count). The first kappa shape index (κ1) is 31.0. The standard InChI is InChI=1S/C54H32O2/c1-2-9-33(10-3-1)35-17-18-37-28-38(20-19-36(37)27-35)40-22-26-52-50(31-40)47-24-23-46-49-30-39(21-25-51(49)55-53(46)54(47)56-52)34-12-8-13-41(29-34)48-32-42-11-4-5-14-43(42)44-15-6-7-16-45(44)48/h1-32H. The van der Waals surface area contributed by atoms with Crippen molar-refractivity contribution in [3.63, 3.8) is 0 Å². The van der Waals surface area contributed by atoms with Crippen LogP contribution in [0.15, 0.2) is 203 Å². The fraction of sp³-hybridized carbons (Fsp3) is 0. The van der Waals surface area contributed by atoms with Gasteiger partial charge in [-0.25, -0.2) is 0 Å². The van der Waals surface area contributed by atoms with Crippen LogP contribution in [0.3, 0.4) is 0 Å². The Morgan fingerprint density at radius 1 is 0.232 bits per heavy atom. The van der Waals surface area contributed by atoms with Gasteiger partial charge in [0, 0.05) is 21.5 Å². The largest absolute Gasteiger partial charge is 0.452 e. The predicted molar refractivity (Wildman–Crippen MR) is 235 cm³/mol. The molecule has 0 saturated carbocycles. The number of benzene rings is 10. The smallest absolute Gasteiger partial charge is 0.178 e. The molecular weight excluding hydrogens is 681 g/mol. The molecule has 0 fully saturated rings. The molecule has 12 aromatic rings. The Kier molecular flexibility index (Phi) is 6.66. The first-order valence-electron chi connectivity index (χ1n) is 19.1. The van der Waals surface area contributed by atoms with E-state index < -0.39 is 0 Å². The van der Waals surface area contributed by atoms with Crippen LogP contribution in [0.25, 0.3) is 121 Å². The molecule has 56 heavy (non-hydrogen) atoms. The zero-order chi connectivity index (χ0) is 36.7. The predicted octanol–water partition coefficient (Wildman–Crippen LogP) is 15.6. The van der Waals surface area contributed by atoms with Gasteiger partial charge < -0.3 is 8.83 Å². The monoisotopic (exact) mass is 712 g/mol. The van der Waals surface area contributed by atoms with Crippen LogP contribution in [-0.4, -0.2) is 0 Å². The topological polar surface area (TPSA) is 26.3 Å².